The average Bonchev–Trinajstić information content (AvgIpc) is 2.39. The third-order valence-corrected chi connectivity index (χ3v) is 2.65. The van der Waals surface area contributed by atoms with Gasteiger partial charge in [-0.3, -0.25) is 9.59 Å². The Kier molecular flexibility index (Phi) is 5.42. The summed E-state index contributed by atoms with van der Waals surface area (Å²) < 4.78 is 4.66. The molecule has 0 amide bonds. The molecule has 0 saturated heterocycles. The molecule has 1 unspecified atom stereocenters. The number of aromatic nitrogens is 2. The van der Waals surface area contributed by atoms with Gasteiger partial charge in [0.05, 0.1) is 7.11 Å². The minimum atomic E-state index is -0.794. The van der Waals surface area contributed by atoms with E-state index in [1.807, 2.05) is 13.8 Å². The van der Waals surface area contributed by atoms with Gasteiger partial charge in [0.2, 0.25) is 5.78 Å². The van der Waals surface area contributed by atoms with E-state index in [0.29, 0.717) is 6.42 Å². The van der Waals surface area contributed by atoms with E-state index < -0.39 is 11.9 Å². The van der Waals surface area contributed by atoms with Crippen LogP contribution in [0.1, 0.15) is 42.4 Å². The fourth-order valence-corrected chi connectivity index (χ4v) is 1.58. The number of hydrogen-bond acceptors (Lipinski definition) is 5. The van der Waals surface area contributed by atoms with E-state index in [2.05, 4.69) is 14.7 Å². The highest BCUT2D eigenvalue weighted by molar-refractivity contribution is 6.06. The Labute approximate surface area is 107 Å². The van der Waals surface area contributed by atoms with Crippen LogP contribution < -0.4 is 0 Å². The summed E-state index contributed by atoms with van der Waals surface area (Å²) in [5.74, 6) is -1.60. The summed E-state index contributed by atoms with van der Waals surface area (Å²) in [5.41, 5.74) is 0.870. The molecule has 18 heavy (non-hydrogen) atoms. The fourth-order valence-electron chi connectivity index (χ4n) is 1.58. The van der Waals surface area contributed by atoms with E-state index in [9.17, 15) is 9.59 Å². The number of ether oxygens (including phenoxy) is 1. The predicted octanol–water partition coefficient (Wildman–Crippen LogP) is 1.95. The number of methoxy groups -OCH3 is 1. The maximum absolute atomic E-state index is 12.1. The number of ketones is 1. The lowest BCUT2D eigenvalue weighted by atomic mass is 9.97. The number of Topliss-reactive ketones (excluding diaryl/α,β-unsaturated/α-hetero) is 1. The maximum Gasteiger partial charge on any atom is 0.316 e. The van der Waals surface area contributed by atoms with Crippen molar-refractivity contribution < 1.29 is 14.3 Å². The number of aryl methyl sites for hydroxylation is 1. The second-order valence-electron chi connectivity index (χ2n) is 4.17. The molecule has 1 heterocycles. The predicted molar refractivity (Wildman–Crippen MR) is 66.1 cm³/mol. The van der Waals surface area contributed by atoms with E-state index in [4.69, 9.17) is 0 Å². The Morgan fingerprint density at radius 3 is 2.44 bits per heavy atom. The molecule has 0 bridgehead atoms. The summed E-state index contributed by atoms with van der Waals surface area (Å²) in [6, 6.07) is 0. The van der Waals surface area contributed by atoms with Crippen molar-refractivity contribution in [2.75, 3.05) is 7.11 Å². The van der Waals surface area contributed by atoms with Gasteiger partial charge in [-0.25, -0.2) is 9.97 Å². The maximum atomic E-state index is 12.1. The lowest BCUT2D eigenvalue weighted by Gasteiger charge is -2.11. The molecule has 0 spiro atoms. The molecular weight excluding hydrogens is 232 g/mol. The highest BCUT2D eigenvalue weighted by atomic mass is 16.5. The van der Waals surface area contributed by atoms with Gasteiger partial charge >= 0.3 is 5.97 Å². The Hall–Kier alpha value is -1.78. The molecule has 0 N–H and O–H groups in total. The van der Waals surface area contributed by atoms with Crippen LogP contribution in [0, 0.1) is 12.8 Å². The third-order valence-electron chi connectivity index (χ3n) is 2.65. The van der Waals surface area contributed by atoms with Gasteiger partial charge in [0.1, 0.15) is 5.92 Å². The van der Waals surface area contributed by atoms with Crippen LogP contribution in [0.5, 0.6) is 0 Å². The zero-order valence-electron chi connectivity index (χ0n) is 11.0. The number of rotatable bonds is 6. The molecule has 5 nitrogen and oxygen atoms in total. The van der Waals surface area contributed by atoms with Crippen molar-refractivity contribution >= 4 is 11.8 Å². The number of carbonyl (C=O) groups is 2. The number of unbranched alkanes of at least 4 members (excludes halogenated alkanes) is 1. The number of hydrogen-bond donors (Lipinski definition) is 0. The van der Waals surface area contributed by atoms with Crippen LogP contribution in [0.2, 0.25) is 0 Å². The minimum absolute atomic E-state index is 0.0760. The molecule has 1 rings (SSSR count). The van der Waals surface area contributed by atoms with Crippen molar-refractivity contribution in [1.29, 1.82) is 0 Å². The van der Waals surface area contributed by atoms with Gasteiger partial charge in [-0.2, -0.15) is 0 Å². The molecule has 0 aliphatic carbocycles. The minimum Gasteiger partial charge on any atom is -0.468 e. The first-order valence-corrected chi connectivity index (χ1v) is 6.00. The van der Waals surface area contributed by atoms with Gasteiger partial charge in [-0.15, -0.1) is 0 Å². The van der Waals surface area contributed by atoms with Gasteiger partial charge in [-0.05, 0) is 18.9 Å². The smallest absolute Gasteiger partial charge is 0.316 e. The Balaban J connectivity index is 2.87. The molecule has 0 radical (unpaired) electrons. The highest BCUT2D eigenvalue weighted by Gasteiger charge is 2.29. The normalized spacial score (nSPS) is 11.9. The van der Waals surface area contributed by atoms with E-state index in [0.717, 1.165) is 18.4 Å². The Morgan fingerprint density at radius 2 is 1.94 bits per heavy atom. The quantitative estimate of drug-likeness (QED) is 0.438. The van der Waals surface area contributed by atoms with Crippen molar-refractivity contribution in [2.24, 2.45) is 5.92 Å². The van der Waals surface area contributed by atoms with Crippen molar-refractivity contribution in [2.45, 2.75) is 33.1 Å². The van der Waals surface area contributed by atoms with Crippen molar-refractivity contribution in [3.05, 3.63) is 23.8 Å². The summed E-state index contributed by atoms with van der Waals surface area (Å²) in [5, 5.41) is 0. The standard InChI is InChI=1S/C13H18N2O3/c1-4-5-6-10(13(17)18-3)11(16)12-14-7-9(2)8-15-12/h7-8,10H,4-6H2,1-3H3. The molecule has 1 aromatic heterocycles. The lowest BCUT2D eigenvalue weighted by Crippen LogP contribution is -2.27. The largest absolute Gasteiger partial charge is 0.468 e. The van der Waals surface area contributed by atoms with Gasteiger partial charge in [0, 0.05) is 12.4 Å². The Bertz CT molecular complexity index is 415. The number of carbonyl (C=O) groups excluding carboxylic acids is 2. The third kappa shape index (κ3) is 3.61. The zero-order chi connectivity index (χ0) is 13.5. The van der Waals surface area contributed by atoms with Crippen LogP contribution in [-0.4, -0.2) is 28.8 Å². The van der Waals surface area contributed by atoms with Crippen molar-refractivity contribution in [1.82, 2.24) is 9.97 Å². The van der Waals surface area contributed by atoms with Crippen LogP contribution in [0.25, 0.3) is 0 Å². The molecule has 1 aromatic rings. The first kappa shape index (κ1) is 14.3. The van der Waals surface area contributed by atoms with E-state index in [1.165, 1.54) is 7.11 Å². The molecule has 0 aliphatic rings. The summed E-state index contributed by atoms with van der Waals surface area (Å²) in [6.07, 6.45) is 5.30. The SMILES string of the molecule is CCCCC(C(=O)OC)C(=O)c1ncc(C)cn1. The molecule has 0 saturated carbocycles. The summed E-state index contributed by atoms with van der Waals surface area (Å²) >= 11 is 0. The van der Waals surface area contributed by atoms with Crippen LogP contribution in [0.3, 0.4) is 0 Å². The van der Waals surface area contributed by atoms with Gasteiger partial charge in [-0.1, -0.05) is 19.8 Å². The molecule has 98 valence electrons. The molecule has 0 fully saturated rings. The van der Waals surface area contributed by atoms with E-state index in [1.54, 1.807) is 12.4 Å². The first-order chi connectivity index (χ1) is 8.60. The monoisotopic (exact) mass is 250 g/mol. The fraction of sp³-hybridized carbons (Fsp3) is 0.538. The second-order valence-corrected chi connectivity index (χ2v) is 4.17. The van der Waals surface area contributed by atoms with Crippen LogP contribution >= 0.6 is 0 Å². The molecule has 5 heteroatoms. The first-order valence-electron chi connectivity index (χ1n) is 6.00. The van der Waals surface area contributed by atoms with Crippen LogP contribution in [0.4, 0.5) is 0 Å². The molecule has 0 aromatic carbocycles. The zero-order valence-corrected chi connectivity index (χ0v) is 11.0. The Morgan fingerprint density at radius 1 is 1.33 bits per heavy atom. The van der Waals surface area contributed by atoms with Crippen molar-refractivity contribution in [3.63, 3.8) is 0 Å². The number of nitrogens with zero attached hydrogens (tertiary/aromatic N) is 2. The van der Waals surface area contributed by atoms with Crippen LogP contribution in [-0.2, 0) is 9.53 Å². The summed E-state index contributed by atoms with van der Waals surface area (Å²) in [6.45, 7) is 3.84. The lowest BCUT2D eigenvalue weighted by molar-refractivity contribution is -0.143. The highest BCUT2D eigenvalue weighted by Crippen LogP contribution is 2.15. The van der Waals surface area contributed by atoms with E-state index in [-0.39, 0.29) is 11.6 Å². The van der Waals surface area contributed by atoms with Crippen LogP contribution in [0.15, 0.2) is 12.4 Å². The molecule has 0 aliphatic heterocycles. The van der Waals surface area contributed by atoms with Gasteiger partial charge < -0.3 is 4.74 Å². The topological polar surface area (TPSA) is 69.2 Å². The summed E-state index contributed by atoms with van der Waals surface area (Å²) in [4.78, 5) is 31.6. The van der Waals surface area contributed by atoms with Crippen molar-refractivity contribution in [3.8, 4) is 0 Å². The van der Waals surface area contributed by atoms with Gasteiger partial charge in [0.25, 0.3) is 0 Å². The van der Waals surface area contributed by atoms with Gasteiger partial charge in [0.15, 0.2) is 5.82 Å². The second kappa shape index (κ2) is 6.83. The van der Waals surface area contributed by atoms with E-state index >= 15 is 0 Å². The average molecular weight is 250 g/mol. The number of esters is 1. The molecular formula is C13H18N2O3. The summed E-state index contributed by atoms with van der Waals surface area (Å²) in [7, 11) is 1.28. The molecule has 1 atom stereocenters.